The number of nitrogens with one attached hydrogen (secondary N) is 2. The molecule has 0 saturated carbocycles. The number of amides is 1. The van der Waals surface area contributed by atoms with Gasteiger partial charge in [-0.15, -0.1) is 0 Å². The predicted molar refractivity (Wildman–Crippen MR) is 121 cm³/mol. The molecule has 0 bridgehead atoms. The molecule has 3 rings (SSSR count). The van der Waals surface area contributed by atoms with Crippen molar-refractivity contribution in [3.8, 4) is 11.3 Å². The van der Waals surface area contributed by atoms with Crippen LogP contribution in [0.1, 0.15) is 27.2 Å². The Balaban J connectivity index is 1.75. The quantitative estimate of drug-likeness (QED) is 0.530. The van der Waals surface area contributed by atoms with E-state index in [9.17, 15) is 13.2 Å². The van der Waals surface area contributed by atoms with Crippen LogP contribution in [0.3, 0.4) is 0 Å². The highest BCUT2D eigenvalue weighted by atomic mass is 79.9. The third-order valence-electron chi connectivity index (χ3n) is 4.67. The normalized spacial score (nSPS) is 11.3. The van der Waals surface area contributed by atoms with Gasteiger partial charge in [-0.1, -0.05) is 52.3 Å². The predicted octanol–water partition coefficient (Wildman–Crippen LogP) is 3.80. The molecule has 0 radical (unpaired) electrons. The average molecular weight is 488 g/mol. The smallest absolute Gasteiger partial charge is 0.253 e. The largest absolute Gasteiger partial charge is 0.348 e. The van der Waals surface area contributed by atoms with Crippen molar-refractivity contribution in [2.24, 2.45) is 0 Å². The van der Waals surface area contributed by atoms with Gasteiger partial charge in [-0.25, -0.2) is 13.1 Å². The standard InChI is InChI=1S/C22H22BrN3O3S/c1-15-20(10-11-21(26-15)16-8-5-9-19(23)12-16)22(27)25-13-17-6-3-4-7-18(17)14-30(28,29)24-2/h3-12,24H,13-14H2,1-2H3,(H,25,27). The molecule has 0 unspecified atom stereocenters. The lowest BCUT2D eigenvalue weighted by Gasteiger charge is -2.12. The maximum absolute atomic E-state index is 12.7. The van der Waals surface area contributed by atoms with E-state index in [0.717, 1.165) is 21.3 Å². The summed E-state index contributed by atoms with van der Waals surface area (Å²) in [4.78, 5) is 17.3. The van der Waals surface area contributed by atoms with E-state index in [0.29, 0.717) is 16.8 Å². The zero-order valence-corrected chi connectivity index (χ0v) is 19.0. The number of rotatable bonds is 7. The second-order valence-electron chi connectivity index (χ2n) is 6.75. The summed E-state index contributed by atoms with van der Waals surface area (Å²) in [7, 11) is -2.02. The summed E-state index contributed by atoms with van der Waals surface area (Å²) in [5.74, 6) is -0.399. The average Bonchev–Trinajstić information content (AvgIpc) is 2.72. The first-order valence-electron chi connectivity index (χ1n) is 9.29. The van der Waals surface area contributed by atoms with E-state index in [4.69, 9.17) is 0 Å². The Labute approximate surface area is 184 Å². The van der Waals surface area contributed by atoms with Crippen molar-refractivity contribution < 1.29 is 13.2 Å². The number of aromatic nitrogens is 1. The molecule has 8 heteroatoms. The Morgan fingerprint density at radius 3 is 2.43 bits per heavy atom. The van der Waals surface area contributed by atoms with Gasteiger partial charge in [0, 0.05) is 16.6 Å². The molecule has 0 spiro atoms. The Kier molecular flexibility index (Phi) is 7.02. The van der Waals surface area contributed by atoms with Crippen molar-refractivity contribution >= 4 is 31.9 Å². The van der Waals surface area contributed by atoms with Gasteiger partial charge in [0.15, 0.2) is 0 Å². The Hall–Kier alpha value is -2.55. The molecule has 0 fully saturated rings. The van der Waals surface area contributed by atoms with Crippen LogP contribution in [0.2, 0.25) is 0 Å². The molecule has 3 aromatic rings. The highest BCUT2D eigenvalue weighted by Gasteiger charge is 2.15. The summed E-state index contributed by atoms with van der Waals surface area (Å²) in [6, 6.07) is 18.5. The van der Waals surface area contributed by atoms with Crippen LogP contribution in [0, 0.1) is 6.92 Å². The molecule has 0 aliphatic carbocycles. The van der Waals surface area contributed by atoms with Crippen molar-refractivity contribution in [3.63, 3.8) is 0 Å². The van der Waals surface area contributed by atoms with Crippen molar-refractivity contribution in [1.29, 1.82) is 0 Å². The van der Waals surface area contributed by atoms with Crippen LogP contribution in [0.15, 0.2) is 65.1 Å². The molecule has 2 aromatic carbocycles. The summed E-state index contributed by atoms with van der Waals surface area (Å²) in [6.07, 6.45) is 0. The van der Waals surface area contributed by atoms with Crippen molar-refractivity contribution in [2.75, 3.05) is 7.05 Å². The van der Waals surface area contributed by atoms with E-state index in [1.54, 1.807) is 25.1 Å². The van der Waals surface area contributed by atoms with Crippen LogP contribution >= 0.6 is 15.9 Å². The molecule has 6 nitrogen and oxygen atoms in total. The van der Waals surface area contributed by atoms with Crippen molar-refractivity contribution in [1.82, 2.24) is 15.0 Å². The molecular weight excluding hydrogens is 466 g/mol. The van der Waals surface area contributed by atoms with Gasteiger partial charge in [0.2, 0.25) is 10.0 Å². The number of nitrogens with zero attached hydrogens (tertiary/aromatic N) is 1. The molecule has 0 atom stereocenters. The molecule has 1 aromatic heterocycles. The fourth-order valence-electron chi connectivity index (χ4n) is 3.03. The van der Waals surface area contributed by atoms with Crippen LogP contribution in [0.25, 0.3) is 11.3 Å². The maximum Gasteiger partial charge on any atom is 0.253 e. The summed E-state index contributed by atoms with van der Waals surface area (Å²) in [5, 5.41) is 2.87. The molecule has 0 aliphatic rings. The van der Waals surface area contributed by atoms with E-state index in [1.807, 2.05) is 42.5 Å². The van der Waals surface area contributed by atoms with Crippen molar-refractivity contribution in [2.45, 2.75) is 19.2 Å². The van der Waals surface area contributed by atoms with Gasteiger partial charge < -0.3 is 5.32 Å². The second-order valence-corrected chi connectivity index (χ2v) is 9.60. The topological polar surface area (TPSA) is 88.2 Å². The van der Waals surface area contributed by atoms with Gasteiger partial charge in [0.25, 0.3) is 5.91 Å². The molecular formula is C22H22BrN3O3S. The van der Waals surface area contributed by atoms with E-state index in [2.05, 4.69) is 31.0 Å². The molecule has 0 saturated heterocycles. The zero-order chi connectivity index (χ0) is 21.7. The number of hydrogen-bond donors (Lipinski definition) is 2. The monoisotopic (exact) mass is 487 g/mol. The van der Waals surface area contributed by atoms with Crippen LogP contribution in [0.4, 0.5) is 0 Å². The lowest BCUT2D eigenvalue weighted by Crippen LogP contribution is -2.26. The highest BCUT2D eigenvalue weighted by molar-refractivity contribution is 9.10. The van der Waals surface area contributed by atoms with E-state index >= 15 is 0 Å². The number of halogens is 1. The number of aryl methyl sites for hydroxylation is 1. The third-order valence-corrected chi connectivity index (χ3v) is 6.47. The van der Waals surface area contributed by atoms with Gasteiger partial charge in [-0.2, -0.15) is 0 Å². The molecule has 30 heavy (non-hydrogen) atoms. The van der Waals surface area contributed by atoms with Crippen LogP contribution in [-0.2, 0) is 22.3 Å². The zero-order valence-electron chi connectivity index (χ0n) is 16.6. The molecule has 1 heterocycles. The van der Waals surface area contributed by atoms with Crippen LogP contribution in [0.5, 0.6) is 0 Å². The fraction of sp³-hybridized carbons (Fsp3) is 0.182. The maximum atomic E-state index is 12.7. The SMILES string of the molecule is CNS(=O)(=O)Cc1ccccc1CNC(=O)c1ccc(-c2cccc(Br)c2)nc1C. The Morgan fingerprint density at radius 2 is 1.77 bits per heavy atom. The number of pyridine rings is 1. The molecule has 2 N–H and O–H groups in total. The second kappa shape index (κ2) is 9.51. The van der Waals surface area contributed by atoms with Gasteiger partial charge in [-0.05, 0) is 49.4 Å². The molecule has 156 valence electrons. The highest BCUT2D eigenvalue weighted by Crippen LogP contribution is 2.22. The van der Waals surface area contributed by atoms with Gasteiger partial charge >= 0.3 is 0 Å². The first-order valence-corrected chi connectivity index (χ1v) is 11.7. The number of benzene rings is 2. The fourth-order valence-corrected chi connectivity index (χ4v) is 4.26. The number of carbonyl (C=O) groups is 1. The van der Waals surface area contributed by atoms with Gasteiger partial charge in [-0.3, -0.25) is 9.78 Å². The Morgan fingerprint density at radius 1 is 1.03 bits per heavy atom. The minimum Gasteiger partial charge on any atom is -0.348 e. The summed E-state index contributed by atoms with van der Waals surface area (Å²) < 4.78 is 27.0. The minimum absolute atomic E-state index is 0.141. The van der Waals surface area contributed by atoms with Gasteiger partial charge in [0.05, 0.1) is 22.7 Å². The van der Waals surface area contributed by atoms with Crippen molar-refractivity contribution in [3.05, 3.63) is 87.5 Å². The number of carbonyl (C=O) groups excluding carboxylic acids is 1. The number of sulfonamides is 1. The van der Waals surface area contributed by atoms with Crippen LogP contribution in [-0.4, -0.2) is 26.4 Å². The Bertz CT molecular complexity index is 1180. The first kappa shape index (κ1) is 22.1. The number of hydrogen-bond acceptors (Lipinski definition) is 4. The van der Waals surface area contributed by atoms with Crippen LogP contribution < -0.4 is 10.0 Å². The van der Waals surface area contributed by atoms with E-state index < -0.39 is 10.0 Å². The van der Waals surface area contributed by atoms with E-state index in [1.165, 1.54) is 7.05 Å². The molecule has 0 aliphatic heterocycles. The third kappa shape index (κ3) is 5.53. The van der Waals surface area contributed by atoms with Gasteiger partial charge in [0.1, 0.15) is 0 Å². The summed E-state index contributed by atoms with van der Waals surface area (Å²) in [5.41, 5.74) is 4.24. The molecule has 1 amide bonds. The summed E-state index contributed by atoms with van der Waals surface area (Å²) in [6.45, 7) is 2.02. The lowest BCUT2D eigenvalue weighted by atomic mass is 10.1. The lowest BCUT2D eigenvalue weighted by molar-refractivity contribution is 0.0950. The van der Waals surface area contributed by atoms with E-state index in [-0.39, 0.29) is 18.2 Å². The minimum atomic E-state index is -3.40. The first-order chi connectivity index (χ1) is 14.3. The summed E-state index contributed by atoms with van der Waals surface area (Å²) >= 11 is 3.45.